The number of aliphatic hydroxyl groups excluding tert-OH is 1. The number of ether oxygens (including phenoxy) is 1. The molecule has 2 aromatic carbocycles. The van der Waals surface area contributed by atoms with Crippen molar-refractivity contribution in [1.29, 1.82) is 0 Å². The van der Waals surface area contributed by atoms with Gasteiger partial charge in [0, 0.05) is 19.6 Å². The molecular formula is C21H27NO2. The molecule has 0 spiro atoms. The molecule has 2 rings (SSSR count). The van der Waals surface area contributed by atoms with Gasteiger partial charge in [-0.1, -0.05) is 61.5 Å². The SMILES string of the molecule is CCCOc1ccc(CN(CC=Cc2ccccc2)CCO)cc1. The molecule has 0 aliphatic heterocycles. The monoisotopic (exact) mass is 325 g/mol. The van der Waals surface area contributed by atoms with Crippen LogP contribution in [0, 0.1) is 0 Å². The summed E-state index contributed by atoms with van der Waals surface area (Å²) < 4.78 is 5.61. The number of nitrogens with zero attached hydrogens (tertiary/aromatic N) is 1. The number of benzene rings is 2. The molecule has 0 radical (unpaired) electrons. The summed E-state index contributed by atoms with van der Waals surface area (Å²) in [5.41, 5.74) is 2.42. The molecule has 0 saturated carbocycles. The molecule has 0 aromatic heterocycles. The quantitative estimate of drug-likeness (QED) is 0.717. The van der Waals surface area contributed by atoms with Gasteiger partial charge in [-0.15, -0.1) is 0 Å². The van der Waals surface area contributed by atoms with Gasteiger partial charge < -0.3 is 9.84 Å². The smallest absolute Gasteiger partial charge is 0.119 e. The highest BCUT2D eigenvalue weighted by Gasteiger charge is 2.04. The fourth-order valence-electron chi connectivity index (χ4n) is 2.45. The molecule has 128 valence electrons. The Morgan fingerprint density at radius 3 is 2.46 bits per heavy atom. The lowest BCUT2D eigenvalue weighted by Gasteiger charge is -2.19. The van der Waals surface area contributed by atoms with E-state index < -0.39 is 0 Å². The molecule has 0 bridgehead atoms. The van der Waals surface area contributed by atoms with Crippen LogP contribution in [0.5, 0.6) is 5.75 Å². The predicted molar refractivity (Wildman–Crippen MR) is 100 cm³/mol. The lowest BCUT2D eigenvalue weighted by molar-refractivity contribution is 0.203. The summed E-state index contributed by atoms with van der Waals surface area (Å²) >= 11 is 0. The molecule has 0 unspecified atom stereocenters. The Morgan fingerprint density at radius 2 is 1.79 bits per heavy atom. The van der Waals surface area contributed by atoms with E-state index in [0.29, 0.717) is 6.54 Å². The first-order chi connectivity index (χ1) is 11.8. The zero-order valence-corrected chi connectivity index (χ0v) is 14.4. The maximum absolute atomic E-state index is 9.29. The second kappa shape index (κ2) is 10.6. The Kier molecular flexibility index (Phi) is 8.08. The number of rotatable bonds is 10. The van der Waals surface area contributed by atoms with Crippen LogP contribution in [0.3, 0.4) is 0 Å². The largest absolute Gasteiger partial charge is 0.494 e. The number of hydrogen-bond acceptors (Lipinski definition) is 3. The third-order valence-electron chi connectivity index (χ3n) is 3.69. The molecule has 24 heavy (non-hydrogen) atoms. The Bertz CT molecular complexity index is 593. The topological polar surface area (TPSA) is 32.7 Å². The van der Waals surface area contributed by atoms with Gasteiger partial charge in [-0.05, 0) is 29.7 Å². The van der Waals surface area contributed by atoms with E-state index in [9.17, 15) is 5.11 Å². The maximum Gasteiger partial charge on any atom is 0.119 e. The van der Waals surface area contributed by atoms with Gasteiger partial charge in [0.25, 0.3) is 0 Å². The van der Waals surface area contributed by atoms with Crippen molar-refractivity contribution in [2.24, 2.45) is 0 Å². The average Bonchev–Trinajstić information content (AvgIpc) is 2.62. The summed E-state index contributed by atoms with van der Waals surface area (Å²) in [6.45, 7) is 5.30. The van der Waals surface area contributed by atoms with Crippen LogP contribution in [0.4, 0.5) is 0 Å². The molecule has 2 aromatic rings. The van der Waals surface area contributed by atoms with Crippen LogP contribution in [0.2, 0.25) is 0 Å². The predicted octanol–water partition coefficient (Wildman–Crippen LogP) is 3.98. The van der Waals surface area contributed by atoms with E-state index in [0.717, 1.165) is 31.9 Å². The van der Waals surface area contributed by atoms with E-state index in [1.807, 2.05) is 30.3 Å². The molecule has 3 nitrogen and oxygen atoms in total. The fourth-order valence-corrected chi connectivity index (χ4v) is 2.45. The maximum atomic E-state index is 9.29. The Morgan fingerprint density at radius 1 is 1.04 bits per heavy atom. The fraction of sp³-hybridized carbons (Fsp3) is 0.333. The number of aliphatic hydroxyl groups is 1. The molecule has 1 N–H and O–H groups in total. The molecule has 0 atom stereocenters. The molecule has 0 fully saturated rings. The Hall–Kier alpha value is -2.10. The minimum atomic E-state index is 0.164. The summed E-state index contributed by atoms with van der Waals surface area (Å²) in [6.07, 6.45) is 5.27. The minimum absolute atomic E-state index is 0.164. The Balaban J connectivity index is 1.89. The van der Waals surface area contributed by atoms with Crippen LogP contribution in [0.15, 0.2) is 60.7 Å². The summed E-state index contributed by atoms with van der Waals surface area (Å²) in [5, 5.41) is 9.29. The van der Waals surface area contributed by atoms with Gasteiger partial charge in [0.1, 0.15) is 5.75 Å². The minimum Gasteiger partial charge on any atom is -0.494 e. The molecule has 0 aliphatic rings. The van der Waals surface area contributed by atoms with Crippen molar-refractivity contribution in [3.8, 4) is 5.75 Å². The number of hydrogen-bond donors (Lipinski definition) is 1. The van der Waals surface area contributed by atoms with Crippen molar-refractivity contribution in [3.05, 3.63) is 71.8 Å². The lowest BCUT2D eigenvalue weighted by Crippen LogP contribution is -2.26. The van der Waals surface area contributed by atoms with Crippen molar-refractivity contribution in [1.82, 2.24) is 4.90 Å². The van der Waals surface area contributed by atoms with Crippen molar-refractivity contribution >= 4 is 6.08 Å². The second-order valence-electron chi connectivity index (χ2n) is 5.76. The van der Waals surface area contributed by atoms with Crippen LogP contribution in [-0.2, 0) is 6.54 Å². The summed E-state index contributed by atoms with van der Waals surface area (Å²) in [5.74, 6) is 0.915. The van der Waals surface area contributed by atoms with Gasteiger partial charge in [-0.3, -0.25) is 4.90 Å². The third kappa shape index (κ3) is 6.57. The Labute approximate surface area is 145 Å². The van der Waals surface area contributed by atoms with Crippen LogP contribution >= 0.6 is 0 Å². The van der Waals surface area contributed by atoms with E-state index in [-0.39, 0.29) is 6.61 Å². The van der Waals surface area contributed by atoms with Gasteiger partial charge in [0.05, 0.1) is 13.2 Å². The summed E-state index contributed by atoms with van der Waals surface area (Å²) in [7, 11) is 0. The molecule has 0 aliphatic carbocycles. The molecular weight excluding hydrogens is 298 g/mol. The van der Waals surface area contributed by atoms with Gasteiger partial charge in [-0.25, -0.2) is 0 Å². The highest BCUT2D eigenvalue weighted by atomic mass is 16.5. The first kappa shape index (κ1) is 18.2. The third-order valence-corrected chi connectivity index (χ3v) is 3.69. The van der Waals surface area contributed by atoms with Crippen molar-refractivity contribution in [3.63, 3.8) is 0 Å². The van der Waals surface area contributed by atoms with Gasteiger partial charge in [0.2, 0.25) is 0 Å². The van der Waals surface area contributed by atoms with Crippen LogP contribution in [0.25, 0.3) is 6.08 Å². The van der Waals surface area contributed by atoms with E-state index >= 15 is 0 Å². The van der Waals surface area contributed by atoms with Crippen molar-refractivity contribution in [2.75, 3.05) is 26.3 Å². The molecule has 3 heteroatoms. The van der Waals surface area contributed by atoms with Gasteiger partial charge in [0.15, 0.2) is 0 Å². The van der Waals surface area contributed by atoms with Crippen LogP contribution < -0.4 is 4.74 Å². The van der Waals surface area contributed by atoms with Crippen molar-refractivity contribution in [2.45, 2.75) is 19.9 Å². The van der Waals surface area contributed by atoms with E-state index in [2.05, 4.69) is 48.2 Å². The molecule has 0 heterocycles. The van der Waals surface area contributed by atoms with Crippen LogP contribution in [0.1, 0.15) is 24.5 Å². The standard InChI is InChI=1S/C21H27NO2/c1-2-17-24-21-12-10-20(11-13-21)18-22(15-16-23)14-6-9-19-7-4-3-5-8-19/h3-13,23H,2,14-18H2,1H3. The average molecular weight is 325 g/mol. The second-order valence-corrected chi connectivity index (χ2v) is 5.76. The zero-order chi connectivity index (χ0) is 17.0. The van der Waals surface area contributed by atoms with Gasteiger partial charge in [-0.2, -0.15) is 0 Å². The highest BCUT2D eigenvalue weighted by molar-refractivity contribution is 5.48. The summed E-state index contributed by atoms with van der Waals surface area (Å²) in [4.78, 5) is 2.22. The van der Waals surface area contributed by atoms with Crippen LogP contribution in [-0.4, -0.2) is 36.3 Å². The summed E-state index contributed by atoms with van der Waals surface area (Å²) in [6, 6.07) is 18.5. The first-order valence-corrected chi connectivity index (χ1v) is 8.58. The molecule has 0 amide bonds. The van der Waals surface area contributed by atoms with Crippen molar-refractivity contribution < 1.29 is 9.84 Å². The van der Waals surface area contributed by atoms with E-state index in [1.165, 1.54) is 11.1 Å². The van der Waals surface area contributed by atoms with Gasteiger partial charge >= 0.3 is 0 Å². The lowest BCUT2D eigenvalue weighted by atomic mass is 10.2. The normalized spacial score (nSPS) is 11.3. The zero-order valence-electron chi connectivity index (χ0n) is 14.4. The van der Waals surface area contributed by atoms with E-state index in [4.69, 9.17) is 4.74 Å². The first-order valence-electron chi connectivity index (χ1n) is 8.58. The van der Waals surface area contributed by atoms with E-state index in [1.54, 1.807) is 0 Å². The molecule has 0 saturated heterocycles. The highest BCUT2D eigenvalue weighted by Crippen LogP contribution is 2.14.